The molecule has 3 aliphatic rings. The minimum Gasteiger partial charge on any atom is -0.378 e. The predicted octanol–water partition coefficient (Wildman–Crippen LogP) is 4.09. The van der Waals surface area contributed by atoms with Gasteiger partial charge in [-0.15, -0.1) is 0 Å². The molecule has 2 aromatic carbocycles. The van der Waals surface area contributed by atoms with Crippen LogP contribution in [0.1, 0.15) is 19.3 Å². The first-order chi connectivity index (χ1) is 14.2. The summed E-state index contributed by atoms with van der Waals surface area (Å²) in [5.74, 6) is 0.106. The number of carbonyl (C=O) groups is 1. The van der Waals surface area contributed by atoms with Crippen molar-refractivity contribution in [3.05, 3.63) is 48.5 Å². The third-order valence-electron chi connectivity index (χ3n) is 6.24. The number of benzene rings is 2. The van der Waals surface area contributed by atoms with Crippen LogP contribution < -0.4 is 4.90 Å². The zero-order valence-corrected chi connectivity index (χ0v) is 17.5. The molecule has 29 heavy (non-hydrogen) atoms. The quantitative estimate of drug-likeness (QED) is 0.763. The number of nitrogens with zero attached hydrogens (tertiary/aromatic N) is 2. The standard InChI is InChI=1S/C23H26N2O3S/c1-27-21-11-13-24(16-23(21)12-6-14-28-23)15-22(26)25-17-7-2-4-9-19(17)29-20-10-5-3-8-18(20)25/h2-5,7-10,21H,6,11-16H2,1H3/t21-,23+/m0/s1. The largest absolute Gasteiger partial charge is 0.378 e. The van der Waals surface area contributed by atoms with Crippen molar-refractivity contribution >= 4 is 29.0 Å². The van der Waals surface area contributed by atoms with E-state index in [0.717, 1.165) is 60.1 Å². The highest BCUT2D eigenvalue weighted by Crippen LogP contribution is 2.48. The molecule has 5 nitrogen and oxygen atoms in total. The van der Waals surface area contributed by atoms with E-state index >= 15 is 0 Å². The summed E-state index contributed by atoms with van der Waals surface area (Å²) < 4.78 is 11.9. The van der Waals surface area contributed by atoms with Crippen molar-refractivity contribution in [2.75, 3.05) is 38.3 Å². The van der Waals surface area contributed by atoms with Crippen molar-refractivity contribution in [2.24, 2.45) is 0 Å². The summed E-state index contributed by atoms with van der Waals surface area (Å²) >= 11 is 1.72. The SMILES string of the molecule is CO[C@H]1CCN(CC(=O)N2c3ccccc3Sc3ccccc32)C[C@]12CCCO2. The fourth-order valence-corrected chi connectivity index (χ4v) is 5.98. The zero-order valence-electron chi connectivity index (χ0n) is 16.7. The number of hydrogen-bond donors (Lipinski definition) is 0. The number of ether oxygens (including phenoxy) is 2. The third-order valence-corrected chi connectivity index (χ3v) is 7.37. The van der Waals surface area contributed by atoms with Crippen LogP contribution in [0.3, 0.4) is 0 Å². The van der Waals surface area contributed by atoms with E-state index in [1.54, 1.807) is 18.9 Å². The van der Waals surface area contributed by atoms with E-state index in [2.05, 4.69) is 17.0 Å². The molecule has 0 bridgehead atoms. The molecule has 0 radical (unpaired) electrons. The average molecular weight is 411 g/mol. The lowest BCUT2D eigenvalue weighted by molar-refractivity contribution is -0.147. The number of para-hydroxylation sites is 2. The smallest absolute Gasteiger partial charge is 0.245 e. The molecule has 0 aromatic heterocycles. The Morgan fingerprint density at radius 3 is 2.48 bits per heavy atom. The number of fused-ring (bicyclic) bond motifs is 2. The van der Waals surface area contributed by atoms with Crippen LogP contribution in [0.4, 0.5) is 11.4 Å². The molecule has 2 atom stereocenters. The number of hydrogen-bond acceptors (Lipinski definition) is 5. The molecular formula is C23H26N2O3S. The summed E-state index contributed by atoms with van der Waals surface area (Å²) in [4.78, 5) is 19.9. The van der Waals surface area contributed by atoms with Crippen molar-refractivity contribution in [2.45, 2.75) is 40.8 Å². The number of likely N-dealkylation sites (tertiary alicyclic amines) is 1. The van der Waals surface area contributed by atoms with Gasteiger partial charge in [0.2, 0.25) is 5.91 Å². The highest BCUT2D eigenvalue weighted by Gasteiger charge is 2.47. The van der Waals surface area contributed by atoms with Gasteiger partial charge in [0.05, 0.1) is 24.0 Å². The lowest BCUT2D eigenvalue weighted by Crippen LogP contribution is -2.58. The van der Waals surface area contributed by atoms with Gasteiger partial charge in [0, 0.05) is 36.6 Å². The maximum absolute atomic E-state index is 13.5. The summed E-state index contributed by atoms with van der Waals surface area (Å²) in [6.45, 7) is 2.77. The van der Waals surface area contributed by atoms with E-state index in [-0.39, 0.29) is 17.6 Å². The fraction of sp³-hybridized carbons (Fsp3) is 0.435. The summed E-state index contributed by atoms with van der Waals surface area (Å²) in [6.07, 6.45) is 3.07. The van der Waals surface area contributed by atoms with E-state index in [4.69, 9.17) is 9.47 Å². The highest BCUT2D eigenvalue weighted by atomic mass is 32.2. The van der Waals surface area contributed by atoms with Crippen molar-refractivity contribution in [3.8, 4) is 0 Å². The Hall–Kier alpha value is -1.86. The van der Waals surface area contributed by atoms with Crippen LogP contribution in [0.2, 0.25) is 0 Å². The average Bonchev–Trinajstić information content (AvgIpc) is 3.20. The van der Waals surface area contributed by atoms with Crippen LogP contribution in [-0.2, 0) is 14.3 Å². The van der Waals surface area contributed by atoms with Crippen molar-refractivity contribution in [3.63, 3.8) is 0 Å². The minimum atomic E-state index is -0.263. The van der Waals surface area contributed by atoms with Crippen LogP contribution >= 0.6 is 11.8 Å². The van der Waals surface area contributed by atoms with E-state index in [1.165, 1.54) is 0 Å². The zero-order chi connectivity index (χ0) is 19.8. The van der Waals surface area contributed by atoms with Gasteiger partial charge in [-0.25, -0.2) is 0 Å². The Bertz CT molecular complexity index is 867. The first-order valence-corrected chi connectivity index (χ1v) is 11.1. The molecule has 0 saturated carbocycles. The summed E-state index contributed by atoms with van der Waals surface area (Å²) in [5, 5.41) is 0. The Morgan fingerprint density at radius 1 is 1.17 bits per heavy atom. The van der Waals surface area contributed by atoms with Crippen molar-refractivity contribution in [1.82, 2.24) is 4.90 Å². The molecule has 3 aliphatic heterocycles. The van der Waals surface area contributed by atoms with Gasteiger partial charge in [-0.3, -0.25) is 14.6 Å². The van der Waals surface area contributed by atoms with E-state index in [9.17, 15) is 4.79 Å². The van der Waals surface area contributed by atoms with Gasteiger partial charge in [-0.2, -0.15) is 0 Å². The van der Waals surface area contributed by atoms with Gasteiger partial charge in [0.1, 0.15) is 5.60 Å². The molecule has 152 valence electrons. The van der Waals surface area contributed by atoms with Gasteiger partial charge in [-0.05, 0) is 43.5 Å². The fourth-order valence-electron chi connectivity index (χ4n) is 4.92. The van der Waals surface area contributed by atoms with E-state index in [0.29, 0.717) is 6.54 Å². The Kier molecular flexibility index (Phi) is 5.12. The lowest BCUT2D eigenvalue weighted by Gasteiger charge is -2.45. The van der Waals surface area contributed by atoms with Crippen LogP contribution in [0.15, 0.2) is 58.3 Å². The second kappa shape index (κ2) is 7.76. The van der Waals surface area contributed by atoms with Gasteiger partial charge in [-0.1, -0.05) is 36.0 Å². The summed E-state index contributed by atoms with van der Waals surface area (Å²) in [6, 6.07) is 16.3. The molecular weight excluding hydrogens is 384 g/mol. The molecule has 1 spiro atoms. The molecule has 1 amide bonds. The highest BCUT2D eigenvalue weighted by molar-refractivity contribution is 7.99. The molecule has 0 unspecified atom stereocenters. The topological polar surface area (TPSA) is 42.0 Å². The molecule has 0 N–H and O–H groups in total. The van der Waals surface area contributed by atoms with Crippen molar-refractivity contribution in [1.29, 1.82) is 0 Å². The summed E-state index contributed by atoms with van der Waals surface area (Å²) in [7, 11) is 1.77. The first kappa shape index (κ1) is 19.1. The molecule has 6 heteroatoms. The van der Waals surface area contributed by atoms with E-state index < -0.39 is 0 Å². The molecule has 3 heterocycles. The van der Waals surface area contributed by atoms with Crippen molar-refractivity contribution < 1.29 is 14.3 Å². The Morgan fingerprint density at radius 2 is 1.86 bits per heavy atom. The molecule has 5 rings (SSSR count). The lowest BCUT2D eigenvalue weighted by atomic mass is 9.87. The maximum atomic E-state index is 13.5. The number of rotatable bonds is 3. The normalized spacial score (nSPS) is 26.4. The molecule has 2 aromatic rings. The minimum absolute atomic E-state index is 0.106. The van der Waals surface area contributed by atoms with E-state index in [1.807, 2.05) is 41.3 Å². The monoisotopic (exact) mass is 410 g/mol. The van der Waals surface area contributed by atoms with Gasteiger partial charge in [0.15, 0.2) is 0 Å². The molecule has 0 aliphatic carbocycles. The second-order valence-electron chi connectivity index (χ2n) is 8.01. The maximum Gasteiger partial charge on any atom is 0.245 e. The van der Waals surface area contributed by atoms with Gasteiger partial charge in [0.25, 0.3) is 0 Å². The predicted molar refractivity (Wildman–Crippen MR) is 114 cm³/mol. The number of carbonyl (C=O) groups excluding carboxylic acids is 1. The number of amides is 1. The number of anilines is 2. The van der Waals surface area contributed by atoms with Crippen LogP contribution in [0, 0.1) is 0 Å². The first-order valence-electron chi connectivity index (χ1n) is 10.3. The van der Waals surface area contributed by atoms with Gasteiger partial charge < -0.3 is 9.47 Å². The van der Waals surface area contributed by atoms with Crippen LogP contribution in [-0.4, -0.2) is 55.9 Å². The summed E-state index contributed by atoms with van der Waals surface area (Å²) in [5.41, 5.74) is 1.68. The van der Waals surface area contributed by atoms with Gasteiger partial charge >= 0.3 is 0 Å². The molecule has 2 saturated heterocycles. The molecule has 2 fully saturated rings. The van der Waals surface area contributed by atoms with Crippen LogP contribution in [0.25, 0.3) is 0 Å². The van der Waals surface area contributed by atoms with Crippen LogP contribution in [0.5, 0.6) is 0 Å². The number of methoxy groups -OCH3 is 1. The second-order valence-corrected chi connectivity index (χ2v) is 9.09. The Labute approximate surface area is 176 Å². The Balaban J connectivity index is 1.40. The number of piperidine rings is 1. The third kappa shape index (κ3) is 3.38.